The van der Waals surface area contributed by atoms with E-state index in [2.05, 4.69) is 16.0 Å². The molecule has 156 valence electrons. The van der Waals surface area contributed by atoms with Gasteiger partial charge in [-0.25, -0.2) is 14.4 Å². The molecule has 0 spiro atoms. The van der Waals surface area contributed by atoms with Crippen molar-refractivity contribution in [2.45, 2.75) is 31.7 Å². The normalized spacial score (nSPS) is 13.9. The first-order valence-corrected chi connectivity index (χ1v) is 10.5. The maximum atomic E-state index is 12.7. The van der Waals surface area contributed by atoms with Gasteiger partial charge in [0, 0.05) is 11.4 Å². The molecule has 0 bridgehead atoms. The Hall–Kier alpha value is -3.33. The number of para-hydroxylation sites is 1. The highest BCUT2D eigenvalue weighted by Gasteiger charge is 2.22. The Morgan fingerprint density at radius 2 is 1.87 bits per heavy atom. The predicted octanol–water partition coefficient (Wildman–Crippen LogP) is 4.64. The van der Waals surface area contributed by atoms with Crippen molar-refractivity contribution < 1.29 is 18.7 Å². The molecule has 1 aliphatic rings. The molecule has 2 aromatic heterocycles. The van der Waals surface area contributed by atoms with E-state index in [-0.39, 0.29) is 16.6 Å². The number of benzene rings is 1. The van der Waals surface area contributed by atoms with E-state index in [4.69, 9.17) is 9.15 Å². The second-order valence-electron chi connectivity index (χ2n) is 7.00. The summed E-state index contributed by atoms with van der Waals surface area (Å²) in [4.78, 5) is 37.4. The van der Waals surface area contributed by atoms with Gasteiger partial charge in [-0.2, -0.15) is 0 Å². The number of urea groups is 1. The van der Waals surface area contributed by atoms with E-state index in [9.17, 15) is 14.4 Å². The molecule has 2 amide bonds. The minimum absolute atomic E-state index is 0.0351. The maximum Gasteiger partial charge on any atom is 0.362 e. The van der Waals surface area contributed by atoms with Crippen molar-refractivity contribution in [3.8, 4) is 0 Å². The summed E-state index contributed by atoms with van der Waals surface area (Å²) in [5, 5.41) is 11.0. The summed E-state index contributed by atoms with van der Waals surface area (Å²) in [6.07, 6.45) is 4.23. The van der Waals surface area contributed by atoms with Crippen LogP contribution in [0, 0.1) is 0 Å². The quantitative estimate of drug-likeness (QED) is 0.404. The van der Waals surface area contributed by atoms with Crippen molar-refractivity contribution in [1.82, 2.24) is 0 Å². The van der Waals surface area contributed by atoms with E-state index in [1.165, 1.54) is 7.11 Å². The van der Waals surface area contributed by atoms with Crippen molar-refractivity contribution in [2.75, 3.05) is 23.1 Å². The molecule has 1 aliphatic carbocycles. The lowest BCUT2D eigenvalue weighted by molar-refractivity contribution is 0.0607. The topological polar surface area (TPSA) is 110 Å². The van der Waals surface area contributed by atoms with Crippen LogP contribution < -0.4 is 21.6 Å². The largest absolute Gasteiger partial charge is 0.465 e. The third-order valence-corrected chi connectivity index (χ3v) is 5.93. The van der Waals surface area contributed by atoms with Gasteiger partial charge in [-0.15, -0.1) is 11.3 Å². The molecular weight excluding hydrogens is 406 g/mol. The fraction of sp³-hybridized carbons (Fsp3) is 0.286. The van der Waals surface area contributed by atoms with Crippen molar-refractivity contribution in [3.63, 3.8) is 0 Å². The van der Waals surface area contributed by atoms with E-state index in [1.807, 2.05) is 12.1 Å². The summed E-state index contributed by atoms with van der Waals surface area (Å²) in [5.41, 5.74) is 0.679. The highest BCUT2D eigenvalue weighted by Crippen LogP contribution is 2.32. The van der Waals surface area contributed by atoms with E-state index in [1.54, 1.807) is 23.6 Å². The lowest BCUT2D eigenvalue weighted by atomic mass is 10.1. The number of methoxy groups -OCH3 is 1. The molecule has 0 unspecified atom stereocenters. The minimum atomic E-state index is -0.657. The molecule has 9 heteroatoms. The Morgan fingerprint density at radius 3 is 2.63 bits per heavy atom. The zero-order chi connectivity index (χ0) is 21.1. The zero-order valence-electron chi connectivity index (χ0n) is 16.3. The summed E-state index contributed by atoms with van der Waals surface area (Å²) in [7, 11) is 1.27. The standard InChI is InChI=1S/C21H21N3O5S/c1-28-20(26)18-14(10-11-30-18)23-21(27)24-17-16(22-12-6-2-3-7-12)13-8-4-5-9-15(13)29-19(17)25/h4-5,8-12,22H,2-3,6-7H2,1H3,(H2,23,24,27). The average molecular weight is 427 g/mol. The maximum absolute atomic E-state index is 12.7. The van der Waals surface area contributed by atoms with Crippen LogP contribution in [0.25, 0.3) is 11.0 Å². The Bertz CT molecular complexity index is 1150. The number of hydrogen-bond acceptors (Lipinski definition) is 7. The number of hydrogen-bond donors (Lipinski definition) is 3. The highest BCUT2D eigenvalue weighted by atomic mass is 32.1. The Balaban J connectivity index is 1.65. The highest BCUT2D eigenvalue weighted by molar-refractivity contribution is 7.12. The fourth-order valence-corrected chi connectivity index (χ4v) is 4.38. The van der Waals surface area contributed by atoms with E-state index < -0.39 is 17.6 Å². The number of thiophene rings is 1. The summed E-state index contributed by atoms with van der Waals surface area (Å²) < 4.78 is 10.1. The first-order valence-electron chi connectivity index (χ1n) is 9.63. The number of fused-ring (bicyclic) bond motifs is 1. The number of ether oxygens (including phenoxy) is 1. The van der Waals surface area contributed by atoms with Crippen molar-refractivity contribution in [2.24, 2.45) is 0 Å². The van der Waals surface area contributed by atoms with Gasteiger partial charge in [-0.3, -0.25) is 5.32 Å². The fourth-order valence-electron chi connectivity index (χ4n) is 3.61. The summed E-state index contributed by atoms with van der Waals surface area (Å²) >= 11 is 1.15. The summed E-state index contributed by atoms with van der Waals surface area (Å²) in [5.74, 6) is -0.547. The lowest BCUT2D eigenvalue weighted by Crippen LogP contribution is -2.26. The van der Waals surface area contributed by atoms with Crippen molar-refractivity contribution in [3.05, 3.63) is 51.0 Å². The van der Waals surface area contributed by atoms with Crippen molar-refractivity contribution in [1.29, 1.82) is 0 Å². The SMILES string of the molecule is COC(=O)c1sccc1NC(=O)Nc1c(NC2CCCC2)c2ccccc2oc1=O. The van der Waals surface area contributed by atoms with Gasteiger partial charge in [-0.05, 0) is 36.4 Å². The van der Waals surface area contributed by atoms with Crippen LogP contribution in [0.15, 0.2) is 44.9 Å². The number of carbonyl (C=O) groups excluding carboxylic acids is 2. The third-order valence-electron chi connectivity index (χ3n) is 5.04. The molecule has 0 saturated heterocycles. The number of amides is 2. The molecule has 1 saturated carbocycles. The zero-order valence-corrected chi connectivity index (χ0v) is 17.1. The smallest absolute Gasteiger partial charge is 0.362 e. The molecule has 3 aromatic rings. The molecule has 4 rings (SSSR count). The van der Waals surface area contributed by atoms with E-state index in [0.717, 1.165) is 37.0 Å². The number of esters is 1. The van der Waals surface area contributed by atoms with Crippen LogP contribution in [0.3, 0.4) is 0 Å². The Morgan fingerprint density at radius 1 is 1.10 bits per heavy atom. The molecule has 8 nitrogen and oxygen atoms in total. The monoisotopic (exact) mass is 427 g/mol. The van der Waals surface area contributed by atoms with Crippen LogP contribution in [0.5, 0.6) is 0 Å². The second kappa shape index (κ2) is 8.58. The first-order chi connectivity index (χ1) is 14.6. The van der Waals surface area contributed by atoms with E-state index >= 15 is 0 Å². The van der Waals surface area contributed by atoms with Gasteiger partial charge < -0.3 is 19.8 Å². The summed E-state index contributed by atoms with van der Waals surface area (Å²) in [6.45, 7) is 0. The molecule has 30 heavy (non-hydrogen) atoms. The molecule has 3 N–H and O–H groups in total. The van der Waals surface area contributed by atoms with Gasteiger partial charge >= 0.3 is 17.6 Å². The van der Waals surface area contributed by atoms with Crippen LogP contribution in [0.2, 0.25) is 0 Å². The molecule has 1 aromatic carbocycles. The van der Waals surface area contributed by atoms with Gasteiger partial charge in [0.25, 0.3) is 0 Å². The number of rotatable bonds is 5. The van der Waals surface area contributed by atoms with Gasteiger partial charge in [0.2, 0.25) is 0 Å². The van der Waals surface area contributed by atoms with Gasteiger partial charge in [0.15, 0.2) is 5.69 Å². The van der Waals surface area contributed by atoms with Crippen molar-refractivity contribution >= 4 is 51.4 Å². The van der Waals surface area contributed by atoms with Gasteiger partial charge in [0.05, 0.1) is 18.5 Å². The second-order valence-corrected chi connectivity index (χ2v) is 7.91. The summed E-state index contributed by atoms with van der Waals surface area (Å²) in [6, 6.07) is 8.35. The minimum Gasteiger partial charge on any atom is -0.465 e. The first kappa shape index (κ1) is 20.0. The Kier molecular flexibility index (Phi) is 5.71. The molecule has 2 heterocycles. The third kappa shape index (κ3) is 4.02. The van der Waals surface area contributed by atoms with Crippen LogP contribution in [0.1, 0.15) is 35.4 Å². The van der Waals surface area contributed by atoms with Crippen LogP contribution in [-0.4, -0.2) is 25.2 Å². The lowest BCUT2D eigenvalue weighted by Gasteiger charge is -2.18. The van der Waals surface area contributed by atoms with Crippen LogP contribution in [0.4, 0.5) is 21.9 Å². The Labute approximate surface area is 176 Å². The van der Waals surface area contributed by atoms with E-state index in [0.29, 0.717) is 22.3 Å². The number of anilines is 3. The number of nitrogens with one attached hydrogen (secondary N) is 3. The molecule has 0 atom stereocenters. The molecular formula is C21H21N3O5S. The van der Waals surface area contributed by atoms with Gasteiger partial charge in [0.1, 0.15) is 10.5 Å². The molecule has 0 radical (unpaired) electrons. The molecule has 1 fully saturated rings. The predicted molar refractivity (Wildman–Crippen MR) is 117 cm³/mol. The van der Waals surface area contributed by atoms with Crippen LogP contribution >= 0.6 is 11.3 Å². The molecule has 0 aliphatic heterocycles. The van der Waals surface area contributed by atoms with Gasteiger partial charge in [-0.1, -0.05) is 25.0 Å². The van der Waals surface area contributed by atoms with Crippen LogP contribution in [-0.2, 0) is 4.74 Å². The number of carbonyl (C=O) groups is 2. The average Bonchev–Trinajstić information content (AvgIpc) is 3.42.